The molecule has 3 aliphatic rings. The van der Waals surface area contributed by atoms with Crippen molar-refractivity contribution in [3.63, 3.8) is 0 Å². The van der Waals surface area contributed by atoms with Crippen LogP contribution in [0.4, 0.5) is 0 Å². The Morgan fingerprint density at radius 1 is 1.13 bits per heavy atom. The van der Waals surface area contributed by atoms with Gasteiger partial charge in [0.1, 0.15) is 16.2 Å². The molecule has 1 amide bonds. The van der Waals surface area contributed by atoms with Crippen molar-refractivity contribution in [2.75, 3.05) is 0 Å². The third-order valence-corrected chi connectivity index (χ3v) is 8.57. The summed E-state index contributed by atoms with van der Waals surface area (Å²) < 4.78 is 7.04. The standard InChI is InChI=1S/C23H22BrNO3S2/c24-16-6-8-19-18(11-16)21(26)15(12-28-19)10-20-22(27)25(23(29)30-20)17-7-5-13-3-1-2-4-14(13)9-17/h6,8,10-14,17H,1-5,7,9H2. The number of benzene rings is 1. The van der Waals surface area contributed by atoms with Gasteiger partial charge >= 0.3 is 0 Å². The first kappa shape index (κ1) is 20.5. The fraction of sp³-hybridized carbons (Fsp3) is 0.435. The molecule has 1 saturated heterocycles. The highest BCUT2D eigenvalue weighted by molar-refractivity contribution is 9.10. The molecule has 3 unspecified atom stereocenters. The van der Waals surface area contributed by atoms with Gasteiger partial charge in [0.15, 0.2) is 5.43 Å². The zero-order chi connectivity index (χ0) is 20.8. The largest absolute Gasteiger partial charge is 0.463 e. The van der Waals surface area contributed by atoms with Gasteiger partial charge in [0.2, 0.25) is 0 Å². The molecule has 1 aliphatic heterocycles. The van der Waals surface area contributed by atoms with E-state index in [1.165, 1.54) is 50.1 Å². The lowest BCUT2D eigenvalue weighted by Crippen LogP contribution is -2.44. The summed E-state index contributed by atoms with van der Waals surface area (Å²) in [6, 6.07) is 5.52. The van der Waals surface area contributed by atoms with Crippen LogP contribution >= 0.6 is 39.9 Å². The lowest BCUT2D eigenvalue weighted by atomic mass is 9.69. The van der Waals surface area contributed by atoms with E-state index in [0.29, 0.717) is 25.8 Å². The molecule has 4 nitrogen and oxygen atoms in total. The number of fused-ring (bicyclic) bond motifs is 2. The van der Waals surface area contributed by atoms with E-state index in [4.69, 9.17) is 16.6 Å². The van der Waals surface area contributed by atoms with Crippen LogP contribution in [0.15, 0.2) is 43.1 Å². The number of amides is 1. The monoisotopic (exact) mass is 503 g/mol. The van der Waals surface area contributed by atoms with Crippen molar-refractivity contribution in [3.8, 4) is 0 Å². The molecule has 1 aromatic carbocycles. The van der Waals surface area contributed by atoms with Crippen molar-refractivity contribution in [2.24, 2.45) is 11.8 Å². The van der Waals surface area contributed by atoms with Crippen LogP contribution in [-0.2, 0) is 4.79 Å². The Morgan fingerprint density at radius 3 is 2.77 bits per heavy atom. The fourth-order valence-electron chi connectivity index (χ4n) is 5.24. The fourth-order valence-corrected chi connectivity index (χ4v) is 6.99. The number of thiocarbonyl (C=S) groups is 1. The maximum absolute atomic E-state index is 13.2. The van der Waals surface area contributed by atoms with Crippen LogP contribution in [0.3, 0.4) is 0 Å². The number of nitrogens with zero attached hydrogens (tertiary/aromatic N) is 1. The Bertz CT molecular complexity index is 1130. The minimum Gasteiger partial charge on any atom is -0.463 e. The van der Waals surface area contributed by atoms with Crippen molar-refractivity contribution in [1.29, 1.82) is 0 Å². The summed E-state index contributed by atoms with van der Waals surface area (Å²) in [6.45, 7) is 0. The molecule has 0 radical (unpaired) electrons. The van der Waals surface area contributed by atoms with E-state index >= 15 is 0 Å². The highest BCUT2D eigenvalue weighted by Gasteiger charge is 2.41. The van der Waals surface area contributed by atoms with Crippen molar-refractivity contribution in [1.82, 2.24) is 4.90 Å². The summed E-state index contributed by atoms with van der Waals surface area (Å²) in [5, 5.41) is 0.490. The van der Waals surface area contributed by atoms with Gasteiger partial charge in [0, 0.05) is 10.5 Å². The normalized spacial score (nSPS) is 28.4. The number of rotatable bonds is 2. The average molecular weight is 504 g/mol. The molecule has 3 fully saturated rings. The molecule has 0 spiro atoms. The first-order chi connectivity index (χ1) is 14.5. The molecule has 1 aromatic heterocycles. The lowest BCUT2D eigenvalue weighted by molar-refractivity contribution is -0.124. The number of halogens is 1. The summed E-state index contributed by atoms with van der Waals surface area (Å²) in [5.74, 6) is 1.47. The van der Waals surface area contributed by atoms with E-state index in [1.54, 1.807) is 18.2 Å². The van der Waals surface area contributed by atoms with Crippen molar-refractivity contribution in [3.05, 3.63) is 49.6 Å². The lowest BCUT2D eigenvalue weighted by Gasteiger charge is -2.41. The highest BCUT2D eigenvalue weighted by Crippen LogP contribution is 2.44. The molecule has 2 aliphatic carbocycles. The second kappa shape index (κ2) is 8.24. The molecule has 2 saturated carbocycles. The predicted octanol–water partition coefficient (Wildman–Crippen LogP) is 6.12. The molecule has 2 aromatic rings. The molecule has 2 heterocycles. The Hall–Kier alpha value is -1.44. The molecule has 0 bridgehead atoms. The van der Waals surface area contributed by atoms with Crippen LogP contribution in [0, 0.1) is 11.8 Å². The number of hydrogen-bond acceptors (Lipinski definition) is 5. The summed E-state index contributed by atoms with van der Waals surface area (Å²) in [6.07, 6.45) is 11.6. The number of carbonyl (C=O) groups excluding carboxylic acids is 1. The van der Waals surface area contributed by atoms with E-state index < -0.39 is 0 Å². The SMILES string of the molecule is O=C1C(=Cc2coc3ccc(Br)cc3c2=O)SC(=S)N1C1CCC2CCCCC2C1. The minimum absolute atomic E-state index is 0.0713. The van der Waals surface area contributed by atoms with Crippen molar-refractivity contribution >= 4 is 67.2 Å². The molecule has 156 valence electrons. The molecular weight excluding hydrogens is 482 g/mol. The number of hydrogen-bond donors (Lipinski definition) is 0. The summed E-state index contributed by atoms with van der Waals surface area (Å²) in [5.41, 5.74) is 0.750. The summed E-state index contributed by atoms with van der Waals surface area (Å²) in [4.78, 5) is 28.4. The van der Waals surface area contributed by atoms with Gasteiger partial charge in [-0.1, -0.05) is 65.6 Å². The molecule has 0 N–H and O–H groups in total. The summed E-state index contributed by atoms with van der Waals surface area (Å²) in [7, 11) is 0. The molecule has 7 heteroatoms. The second-order valence-corrected chi connectivity index (χ2v) is 11.1. The number of thioether (sulfide) groups is 1. The zero-order valence-electron chi connectivity index (χ0n) is 16.4. The van der Waals surface area contributed by atoms with Crippen LogP contribution in [0.5, 0.6) is 0 Å². The minimum atomic E-state index is -0.148. The van der Waals surface area contributed by atoms with E-state index in [-0.39, 0.29) is 17.4 Å². The van der Waals surface area contributed by atoms with Crippen molar-refractivity contribution in [2.45, 2.75) is 51.0 Å². The van der Waals surface area contributed by atoms with Gasteiger partial charge in [-0.25, -0.2) is 0 Å². The average Bonchev–Trinajstić information content (AvgIpc) is 3.03. The van der Waals surface area contributed by atoms with Gasteiger partial charge < -0.3 is 4.42 Å². The molecule has 5 rings (SSSR count). The Kier molecular flexibility index (Phi) is 5.62. The van der Waals surface area contributed by atoms with E-state index in [0.717, 1.165) is 29.2 Å². The van der Waals surface area contributed by atoms with Gasteiger partial charge in [-0.05, 0) is 55.4 Å². The maximum Gasteiger partial charge on any atom is 0.266 e. The van der Waals surface area contributed by atoms with Gasteiger partial charge in [-0.3, -0.25) is 14.5 Å². The third kappa shape index (κ3) is 3.69. The van der Waals surface area contributed by atoms with Crippen molar-refractivity contribution < 1.29 is 9.21 Å². The topological polar surface area (TPSA) is 50.5 Å². The first-order valence-electron chi connectivity index (χ1n) is 10.5. The molecule has 30 heavy (non-hydrogen) atoms. The van der Waals surface area contributed by atoms with Gasteiger partial charge in [-0.15, -0.1) is 0 Å². The molecular formula is C23H22BrNO3S2. The second-order valence-electron chi connectivity index (χ2n) is 8.48. The highest BCUT2D eigenvalue weighted by atomic mass is 79.9. The maximum atomic E-state index is 13.2. The van der Waals surface area contributed by atoms with E-state index in [1.807, 2.05) is 11.0 Å². The van der Waals surface area contributed by atoms with Gasteiger partial charge in [-0.2, -0.15) is 0 Å². The Morgan fingerprint density at radius 2 is 1.93 bits per heavy atom. The third-order valence-electron chi connectivity index (χ3n) is 6.75. The van der Waals surface area contributed by atoms with E-state index in [2.05, 4.69) is 15.9 Å². The molecule has 3 atom stereocenters. The zero-order valence-corrected chi connectivity index (χ0v) is 19.7. The van der Waals surface area contributed by atoms with Crippen LogP contribution in [0.1, 0.15) is 50.5 Å². The van der Waals surface area contributed by atoms with Crippen LogP contribution in [-0.4, -0.2) is 21.2 Å². The Balaban J connectivity index is 1.42. The van der Waals surface area contributed by atoms with Crippen LogP contribution < -0.4 is 5.43 Å². The first-order valence-corrected chi connectivity index (χ1v) is 12.5. The summed E-state index contributed by atoms with van der Waals surface area (Å²) >= 11 is 10.3. The van der Waals surface area contributed by atoms with E-state index in [9.17, 15) is 9.59 Å². The predicted molar refractivity (Wildman–Crippen MR) is 128 cm³/mol. The Labute approximate surface area is 193 Å². The van der Waals surface area contributed by atoms with Gasteiger partial charge in [0.05, 0.1) is 15.9 Å². The van der Waals surface area contributed by atoms with Crippen LogP contribution in [0.2, 0.25) is 0 Å². The van der Waals surface area contributed by atoms with Gasteiger partial charge in [0.25, 0.3) is 5.91 Å². The smallest absolute Gasteiger partial charge is 0.266 e. The quantitative estimate of drug-likeness (QED) is 0.365. The number of carbonyl (C=O) groups is 1. The van der Waals surface area contributed by atoms with Crippen LogP contribution in [0.25, 0.3) is 17.0 Å².